The second-order valence-corrected chi connectivity index (χ2v) is 4.24. The van der Waals surface area contributed by atoms with Crippen molar-refractivity contribution in [2.75, 3.05) is 6.61 Å². The maximum Gasteiger partial charge on any atom is 0.341 e. The van der Waals surface area contributed by atoms with Crippen LogP contribution in [0.3, 0.4) is 0 Å². The van der Waals surface area contributed by atoms with Crippen LogP contribution >= 0.6 is 0 Å². The zero-order valence-electron chi connectivity index (χ0n) is 9.72. The number of carboxylic acids is 1. The number of nitrogens with zero attached hydrogens (tertiary/aromatic N) is 1. The van der Waals surface area contributed by atoms with Crippen LogP contribution < -0.4 is 4.74 Å². The van der Waals surface area contributed by atoms with Gasteiger partial charge in [-0.2, -0.15) is 0 Å². The number of aliphatic carboxylic acids is 1. The minimum atomic E-state index is -1.15. The Morgan fingerprint density at radius 3 is 2.50 bits per heavy atom. The highest BCUT2D eigenvalue weighted by molar-refractivity contribution is 5.69. The predicted octanol–water partition coefficient (Wildman–Crippen LogP) is 1.94. The number of carbonyl (C=O) groups is 1. The van der Waals surface area contributed by atoms with Crippen molar-refractivity contribution in [2.45, 2.75) is 25.7 Å². The summed E-state index contributed by atoms with van der Waals surface area (Å²) >= 11 is 0. The fourth-order valence-corrected chi connectivity index (χ4v) is 2.15. The molecule has 0 aliphatic heterocycles. The molecule has 0 bridgehead atoms. The Kier molecular flexibility index (Phi) is 3.45. The van der Waals surface area contributed by atoms with Crippen LogP contribution in [-0.4, -0.2) is 22.6 Å². The van der Waals surface area contributed by atoms with Crippen molar-refractivity contribution >= 4 is 11.7 Å². The molecule has 96 valence electrons. The van der Waals surface area contributed by atoms with Crippen molar-refractivity contribution in [1.29, 1.82) is 0 Å². The summed E-state index contributed by atoms with van der Waals surface area (Å²) in [4.78, 5) is 20.8. The van der Waals surface area contributed by atoms with E-state index in [2.05, 4.69) is 0 Å². The first-order valence-corrected chi connectivity index (χ1v) is 5.72. The van der Waals surface area contributed by atoms with E-state index in [1.165, 1.54) is 6.07 Å². The molecule has 1 N–H and O–H groups in total. The standard InChI is InChI=1S/C12H13NO5/c14-12(15)7-18-11-6-9-4-2-1-3-8(9)5-10(11)13(16)17/h5-6H,1-4,7H2,(H,14,15). The minimum Gasteiger partial charge on any atom is -0.479 e. The number of aryl methyl sites for hydroxylation is 2. The van der Waals surface area contributed by atoms with E-state index < -0.39 is 17.5 Å². The Bertz CT molecular complexity index is 497. The van der Waals surface area contributed by atoms with E-state index in [-0.39, 0.29) is 11.4 Å². The molecule has 1 aromatic carbocycles. The molecule has 6 nitrogen and oxygen atoms in total. The van der Waals surface area contributed by atoms with E-state index in [9.17, 15) is 14.9 Å². The molecule has 0 radical (unpaired) electrons. The maximum absolute atomic E-state index is 10.9. The average Bonchev–Trinajstić information content (AvgIpc) is 2.35. The fourth-order valence-electron chi connectivity index (χ4n) is 2.15. The Hall–Kier alpha value is -2.11. The lowest BCUT2D eigenvalue weighted by Gasteiger charge is -2.16. The molecule has 0 aromatic heterocycles. The van der Waals surface area contributed by atoms with E-state index in [4.69, 9.17) is 9.84 Å². The van der Waals surface area contributed by atoms with Gasteiger partial charge in [-0.15, -0.1) is 0 Å². The summed E-state index contributed by atoms with van der Waals surface area (Å²) in [7, 11) is 0. The summed E-state index contributed by atoms with van der Waals surface area (Å²) < 4.78 is 4.98. The van der Waals surface area contributed by atoms with Crippen molar-refractivity contribution in [3.63, 3.8) is 0 Å². The highest BCUT2D eigenvalue weighted by Gasteiger charge is 2.21. The summed E-state index contributed by atoms with van der Waals surface area (Å²) in [5.41, 5.74) is 1.83. The molecule has 1 aliphatic rings. The molecular weight excluding hydrogens is 238 g/mol. The number of nitro groups is 1. The molecule has 0 atom stereocenters. The molecule has 1 aliphatic carbocycles. The SMILES string of the molecule is O=C(O)COc1cc2c(cc1[N+](=O)[O-])CCCC2. The van der Waals surface area contributed by atoms with Crippen molar-refractivity contribution in [1.82, 2.24) is 0 Å². The van der Waals surface area contributed by atoms with Gasteiger partial charge in [0, 0.05) is 6.07 Å². The van der Waals surface area contributed by atoms with Gasteiger partial charge in [0.15, 0.2) is 12.4 Å². The Balaban J connectivity index is 2.35. The van der Waals surface area contributed by atoms with E-state index in [0.29, 0.717) is 0 Å². The third kappa shape index (κ3) is 2.58. The number of hydrogen-bond acceptors (Lipinski definition) is 4. The smallest absolute Gasteiger partial charge is 0.341 e. The topological polar surface area (TPSA) is 89.7 Å². The summed E-state index contributed by atoms with van der Waals surface area (Å²) in [6.45, 7) is -0.570. The lowest BCUT2D eigenvalue weighted by atomic mass is 9.91. The number of rotatable bonds is 4. The third-order valence-corrected chi connectivity index (χ3v) is 2.97. The van der Waals surface area contributed by atoms with Gasteiger partial charge in [-0.05, 0) is 42.9 Å². The second kappa shape index (κ2) is 5.03. The van der Waals surface area contributed by atoms with Crippen LogP contribution in [-0.2, 0) is 17.6 Å². The molecule has 0 unspecified atom stereocenters. The quantitative estimate of drug-likeness (QED) is 0.652. The zero-order valence-corrected chi connectivity index (χ0v) is 9.72. The molecule has 18 heavy (non-hydrogen) atoms. The van der Waals surface area contributed by atoms with Crippen LogP contribution in [0.5, 0.6) is 5.75 Å². The van der Waals surface area contributed by atoms with Crippen LogP contribution in [0.4, 0.5) is 5.69 Å². The maximum atomic E-state index is 10.9. The van der Waals surface area contributed by atoms with Crippen molar-refractivity contribution < 1.29 is 19.6 Å². The van der Waals surface area contributed by atoms with Gasteiger partial charge >= 0.3 is 11.7 Å². The molecule has 0 fully saturated rings. The lowest BCUT2D eigenvalue weighted by molar-refractivity contribution is -0.385. The van der Waals surface area contributed by atoms with Crippen molar-refractivity contribution in [3.05, 3.63) is 33.4 Å². The molecule has 0 heterocycles. The van der Waals surface area contributed by atoms with Gasteiger partial charge in [0.2, 0.25) is 0 Å². The van der Waals surface area contributed by atoms with Crippen LogP contribution in [0.25, 0.3) is 0 Å². The van der Waals surface area contributed by atoms with Gasteiger partial charge in [0.25, 0.3) is 0 Å². The monoisotopic (exact) mass is 251 g/mol. The summed E-state index contributed by atoms with van der Waals surface area (Å²) in [5.74, 6) is -1.11. The van der Waals surface area contributed by atoms with E-state index in [1.54, 1.807) is 6.07 Å². The van der Waals surface area contributed by atoms with Crippen LogP contribution in [0.1, 0.15) is 24.0 Å². The number of fused-ring (bicyclic) bond motifs is 1. The van der Waals surface area contributed by atoms with Crippen LogP contribution in [0, 0.1) is 10.1 Å². The minimum absolute atomic E-state index is 0.0445. The number of benzene rings is 1. The summed E-state index contributed by atoms with van der Waals surface area (Å²) in [6, 6.07) is 3.11. The lowest BCUT2D eigenvalue weighted by Crippen LogP contribution is -2.12. The van der Waals surface area contributed by atoms with E-state index in [0.717, 1.165) is 36.8 Å². The molecular formula is C12H13NO5. The number of carboxylic acid groups (broad SMARTS) is 1. The first-order chi connectivity index (χ1) is 8.58. The molecule has 0 saturated carbocycles. The molecule has 0 spiro atoms. The van der Waals surface area contributed by atoms with Gasteiger partial charge in [0.1, 0.15) is 0 Å². The molecule has 6 heteroatoms. The summed E-state index contributed by atoms with van der Waals surface area (Å²) in [6.07, 6.45) is 3.76. The van der Waals surface area contributed by atoms with Gasteiger partial charge in [0.05, 0.1) is 4.92 Å². The molecule has 2 rings (SSSR count). The average molecular weight is 251 g/mol. The fraction of sp³-hybridized carbons (Fsp3) is 0.417. The molecule has 1 aromatic rings. The van der Waals surface area contributed by atoms with Crippen LogP contribution in [0.15, 0.2) is 12.1 Å². The number of nitro benzene ring substituents is 1. The normalized spacial score (nSPS) is 13.8. The number of hydrogen-bond donors (Lipinski definition) is 1. The van der Waals surface area contributed by atoms with Gasteiger partial charge < -0.3 is 9.84 Å². The molecule has 0 saturated heterocycles. The van der Waals surface area contributed by atoms with Crippen molar-refractivity contribution in [3.8, 4) is 5.75 Å². The second-order valence-electron chi connectivity index (χ2n) is 4.24. The van der Waals surface area contributed by atoms with Crippen LogP contribution in [0.2, 0.25) is 0 Å². The number of ether oxygens (including phenoxy) is 1. The highest BCUT2D eigenvalue weighted by Crippen LogP contribution is 2.34. The Morgan fingerprint density at radius 2 is 1.94 bits per heavy atom. The van der Waals surface area contributed by atoms with Gasteiger partial charge in [-0.3, -0.25) is 10.1 Å². The largest absolute Gasteiger partial charge is 0.479 e. The Morgan fingerprint density at radius 1 is 1.33 bits per heavy atom. The predicted molar refractivity (Wildman–Crippen MR) is 62.9 cm³/mol. The summed E-state index contributed by atoms with van der Waals surface area (Å²) in [5, 5.41) is 19.5. The third-order valence-electron chi connectivity index (χ3n) is 2.97. The first kappa shape index (κ1) is 12.3. The van der Waals surface area contributed by atoms with E-state index in [1.807, 2.05) is 0 Å². The van der Waals surface area contributed by atoms with Crippen molar-refractivity contribution in [2.24, 2.45) is 0 Å². The van der Waals surface area contributed by atoms with Gasteiger partial charge in [-0.25, -0.2) is 4.79 Å². The Labute approximate surface area is 103 Å². The zero-order chi connectivity index (χ0) is 13.1. The first-order valence-electron chi connectivity index (χ1n) is 5.72. The highest BCUT2D eigenvalue weighted by atomic mass is 16.6. The van der Waals surface area contributed by atoms with Gasteiger partial charge in [-0.1, -0.05) is 0 Å². The van der Waals surface area contributed by atoms with E-state index >= 15 is 0 Å². The molecule has 0 amide bonds.